The van der Waals surface area contributed by atoms with Gasteiger partial charge in [0.05, 0.1) is 0 Å². The van der Waals surface area contributed by atoms with Gasteiger partial charge in [-0.1, -0.05) is 54.1 Å². The number of carbonyl (C=O) groups excluding carboxylic acids is 1. The highest BCUT2D eigenvalue weighted by Crippen LogP contribution is 2.22. The molecule has 0 unspecified atom stereocenters. The molecule has 0 heterocycles. The molecule has 0 aliphatic carbocycles. The molecule has 0 bridgehead atoms. The van der Waals surface area contributed by atoms with E-state index in [4.69, 9.17) is 0 Å². The van der Waals surface area contributed by atoms with Gasteiger partial charge in [0.15, 0.2) is 5.78 Å². The molecule has 3 aromatic rings. The van der Waals surface area contributed by atoms with Gasteiger partial charge in [-0.15, -0.1) is 0 Å². The first-order valence-electron chi connectivity index (χ1n) is 7.17. The summed E-state index contributed by atoms with van der Waals surface area (Å²) in [7, 11) is 0. The van der Waals surface area contributed by atoms with Crippen LogP contribution in [-0.4, -0.2) is 5.78 Å². The van der Waals surface area contributed by atoms with E-state index in [2.05, 4.69) is 25.1 Å². The number of hydrogen-bond acceptors (Lipinski definition) is 1. The molecule has 0 spiro atoms. The molecule has 0 N–H and O–H groups in total. The number of rotatable bonds is 2. The van der Waals surface area contributed by atoms with Crippen molar-refractivity contribution in [1.82, 2.24) is 0 Å². The second kappa shape index (κ2) is 5.17. The van der Waals surface area contributed by atoms with Crippen LogP contribution >= 0.6 is 0 Å². The maximum absolute atomic E-state index is 12.8. The lowest BCUT2D eigenvalue weighted by molar-refractivity contribution is 0.103. The van der Waals surface area contributed by atoms with E-state index in [1.165, 1.54) is 5.56 Å². The third-order valence-electron chi connectivity index (χ3n) is 3.92. The molecule has 0 aliphatic heterocycles. The summed E-state index contributed by atoms with van der Waals surface area (Å²) in [6, 6.07) is 18.2. The van der Waals surface area contributed by atoms with E-state index in [-0.39, 0.29) is 5.78 Å². The predicted molar refractivity (Wildman–Crippen MR) is 88.0 cm³/mol. The second-order valence-corrected chi connectivity index (χ2v) is 5.66. The first-order chi connectivity index (χ1) is 10.1. The van der Waals surface area contributed by atoms with Crippen LogP contribution in [0.25, 0.3) is 10.8 Å². The minimum Gasteiger partial charge on any atom is -0.289 e. The Morgan fingerprint density at radius 2 is 1.38 bits per heavy atom. The van der Waals surface area contributed by atoms with Gasteiger partial charge in [0.25, 0.3) is 0 Å². The van der Waals surface area contributed by atoms with E-state index in [1.807, 2.05) is 50.2 Å². The number of fused-ring (bicyclic) bond motifs is 1. The smallest absolute Gasteiger partial charge is 0.193 e. The predicted octanol–water partition coefficient (Wildman–Crippen LogP) is 5.00. The maximum atomic E-state index is 12.8. The van der Waals surface area contributed by atoms with Crippen molar-refractivity contribution in [1.29, 1.82) is 0 Å². The number of aryl methyl sites for hydroxylation is 3. The normalized spacial score (nSPS) is 10.8. The van der Waals surface area contributed by atoms with Crippen LogP contribution in [0, 0.1) is 20.8 Å². The SMILES string of the molecule is Cc1cc(C)c(C(=O)c2ccc3ccccc3c2)c(C)c1. The van der Waals surface area contributed by atoms with Crippen molar-refractivity contribution in [2.75, 3.05) is 0 Å². The summed E-state index contributed by atoms with van der Waals surface area (Å²) in [5.74, 6) is 0.107. The zero-order valence-corrected chi connectivity index (χ0v) is 12.6. The average Bonchev–Trinajstić information content (AvgIpc) is 2.45. The molecule has 0 saturated carbocycles. The standard InChI is InChI=1S/C20H18O/c1-13-10-14(2)19(15(3)11-13)20(21)18-9-8-16-6-4-5-7-17(16)12-18/h4-12H,1-3H3. The van der Waals surface area contributed by atoms with E-state index in [0.717, 1.165) is 33.0 Å². The van der Waals surface area contributed by atoms with Crippen molar-refractivity contribution in [2.45, 2.75) is 20.8 Å². The average molecular weight is 274 g/mol. The minimum absolute atomic E-state index is 0.107. The van der Waals surface area contributed by atoms with Gasteiger partial charge in [-0.05, 0) is 48.7 Å². The molecule has 3 aromatic carbocycles. The van der Waals surface area contributed by atoms with Crippen molar-refractivity contribution in [2.24, 2.45) is 0 Å². The van der Waals surface area contributed by atoms with Crippen molar-refractivity contribution in [3.63, 3.8) is 0 Å². The summed E-state index contributed by atoms with van der Waals surface area (Å²) in [5, 5.41) is 2.26. The molecule has 104 valence electrons. The first-order valence-corrected chi connectivity index (χ1v) is 7.17. The van der Waals surface area contributed by atoms with E-state index >= 15 is 0 Å². The molecule has 0 amide bonds. The summed E-state index contributed by atoms with van der Waals surface area (Å²) in [6.45, 7) is 6.08. The fourth-order valence-electron chi connectivity index (χ4n) is 3.01. The molecule has 0 aliphatic rings. The fraction of sp³-hybridized carbons (Fsp3) is 0.150. The zero-order valence-electron chi connectivity index (χ0n) is 12.6. The van der Waals surface area contributed by atoms with Crippen molar-refractivity contribution < 1.29 is 4.79 Å². The molecule has 0 aromatic heterocycles. The van der Waals surface area contributed by atoms with Crippen LogP contribution < -0.4 is 0 Å². The maximum Gasteiger partial charge on any atom is 0.193 e. The molecule has 1 heteroatoms. The largest absolute Gasteiger partial charge is 0.289 e. The molecule has 1 nitrogen and oxygen atoms in total. The molecular weight excluding hydrogens is 256 g/mol. The van der Waals surface area contributed by atoms with Gasteiger partial charge in [-0.2, -0.15) is 0 Å². The Kier molecular flexibility index (Phi) is 3.34. The monoisotopic (exact) mass is 274 g/mol. The van der Waals surface area contributed by atoms with E-state index in [9.17, 15) is 4.79 Å². The van der Waals surface area contributed by atoms with Crippen LogP contribution in [0.4, 0.5) is 0 Å². The quantitative estimate of drug-likeness (QED) is 0.601. The lowest BCUT2D eigenvalue weighted by atomic mass is 9.92. The molecule has 0 atom stereocenters. The fourth-order valence-corrected chi connectivity index (χ4v) is 3.01. The summed E-state index contributed by atoms with van der Waals surface area (Å²) in [5.41, 5.74) is 4.87. The van der Waals surface area contributed by atoms with E-state index < -0.39 is 0 Å². The Morgan fingerprint density at radius 1 is 0.762 bits per heavy atom. The summed E-state index contributed by atoms with van der Waals surface area (Å²) in [4.78, 5) is 12.8. The molecule has 21 heavy (non-hydrogen) atoms. The zero-order chi connectivity index (χ0) is 15.0. The molecular formula is C20H18O. The molecule has 0 fully saturated rings. The van der Waals surface area contributed by atoms with Crippen LogP contribution in [0.5, 0.6) is 0 Å². The Hall–Kier alpha value is -2.41. The van der Waals surface area contributed by atoms with Crippen molar-refractivity contribution in [3.8, 4) is 0 Å². The summed E-state index contributed by atoms with van der Waals surface area (Å²) >= 11 is 0. The Bertz CT molecular complexity index is 820. The van der Waals surface area contributed by atoms with Gasteiger partial charge in [0.1, 0.15) is 0 Å². The number of ketones is 1. The Morgan fingerprint density at radius 3 is 2.05 bits per heavy atom. The van der Waals surface area contributed by atoms with Gasteiger partial charge < -0.3 is 0 Å². The van der Waals surface area contributed by atoms with Crippen LogP contribution in [0.3, 0.4) is 0 Å². The lowest BCUT2D eigenvalue weighted by Crippen LogP contribution is -2.06. The topological polar surface area (TPSA) is 17.1 Å². The van der Waals surface area contributed by atoms with Crippen LogP contribution in [-0.2, 0) is 0 Å². The lowest BCUT2D eigenvalue weighted by Gasteiger charge is -2.11. The van der Waals surface area contributed by atoms with Gasteiger partial charge in [0, 0.05) is 11.1 Å². The summed E-state index contributed by atoms with van der Waals surface area (Å²) in [6.07, 6.45) is 0. The first kappa shape index (κ1) is 13.6. The summed E-state index contributed by atoms with van der Waals surface area (Å²) < 4.78 is 0. The third-order valence-corrected chi connectivity index (χ3v) is 3.92. The highest BCUT2D eigenvalue weighted by molar-refractivity contribution is 6.12. The van der Waals surface area contributed by atoms with Gasteiger partial charge >= 0.3 is 0 Å². The number of benzene rings is 3. The van der Waals surface area contributed by atoms with E-state index in [1.54, 1.807) is 0 Å². The van der Waals surface area contributed by atoms with Crippen molar-refractivity contribution >= 4 is 16.6 Å². The van der Waals surface area contributed by atoms with Gasteiger partial charge in [-0.25, -0.2) is 0 Å². The molecule has 0 saturated heterocycles. The Labute approximate surface area is 125 Å². The highest BCUT2D eigenvalue weighted by Gasteiger charge is 2.15. The third kappa shape index (κ3) is 2.47. The molecule has 3 rings (SSSR count). The van der Waals surface area contributed by atoms with Crippen molar-refractivity contribution in [3.05, 3.63) is 82.4 Å². The van der Waals surface area contributed by atoms with Crippen LogP contribution in [0.1, 0.15) is 32.6 Å². The van der Waals surface area contributed by atoms with Crippen LogP contribution in [0.2, 0.25) is 0 Å². The van der Waals surface area contributed by atoms with Gasteiger partial charge in [0.2, 0.25) is 0 Å². The van der Waals surface area contributed by atoms with E-state index in [0.29, 0.717) is 0 Å². The minimum atomic E-state index is 0.107. The highest BCUT2D eigenvalue weighted by atomic mass is 16.1. The molecule has 0 radical (unpaired) electrons. The number of hydrogen-bond donors (Lipinski definition) is 0. The Balaban J connectivity index is 2.12. The van der Waals surface area contributed by atoms with Gasteiger partial charge in [-0.3, -0.25) is 4.79 Å². The number of carbonyl (C=O) groups is 1. The second-order valence-electron chi connectivity index (χ2n) is 5.66. The van der Waals surface area contributed by atoms with Crippen LogP contribution in [0.15, 0.2) is 54.6 Å².